The Morgan fingerprint density at radius 1 is 1.26 bits per heavy atom. The molecule has 0 bridgehead atoms. The summed E-state index contributed by atoms with van der Waals surface area (Å²) in [6.07, 6.45) is 3.27. The number of halogens is 1. The summed E-state index contributed by atoms with van der Waals surface area (Å²) < 4.78 is 5.80. The van der Waals surface area contributed by atoms with E-state index in [1.165, 1.54) is 22.8 Å². The van der Waals surface area contributed by atoms with Crippen molar-refractivity contribution in [1.82, 2.24) is 5.01 Å². The molecule has 27 heavy (non-hydrogen) atoms. The Labute approximate surface area is 165 Å². The van der Waals surface area contributed by atoms with Crippen LogP contribution in [-0.2, 0) is 4.79 Å². The highest BCUT2D eigenvalue weighted by Crippen LogP contribution is 2.30. The zero-order valence-corrected chi connectivity index (χ0v) is 16.0. The van der Waals surface area contributed by atoms with E-state index in [0.29, 0.717) is 21.7 Å². The number of rotatable bonds is 4. The van der Waals surface area contributed by atoms with E-state index in [-0.39, 0.29) is 11.4 Å². The number of benzene rings is 1. The van der Waals surface area contributed by atoms with Gasteiger partial charge in [-0.1, -0.05) is 18.5 Å². The lowest BCUT2D eigenvalue weighted by molar-refractivity contribution is -0.114. The van der Waals surface area contributed by atoms with Crippen molar-refractivity contribution in [1.29, 1.82) is 5.41 Å². The fourth-order valence-electron chi connectivity index (χ4n) is 2.69. The van der Waals surface area contributed by atoms with Crippen molar-refractivity contribution in [3.8, 4) is 11.3 Å². The maximum Gasteiger partial charge on any atom is 0.283 e. The zero-order valence-electron chi connectivity index (χ0n) is 14.4. The molecule has 2 aromatic rings. The Bertz CT molecular complexity index is 1020. The molecule has 0 saturated carbocycles. The molecule has 136 valence electrons. The largest absolute Gasteiger partial charge is 0.457 e. The minimum absolute atomic E-state index is 0.00745. The van der Waals surface area contributed by atoms with Crippen LogP contribution in [0.3, 0.4) is 0 Å². The summed E-state index contributed by atoms with van der Waals surface area (Å²) in [6, 6.07) is 10.8. The zero-order chi connectivity index (χ0) is 19.0. The fraction of sp³-hybridized carbons (Fsp3) is 0.158. The van der Waals surface area contributed by atoms with Gasteiger partial charge in [-0.25, -0.2) is 0 Å². The third kappa shape index (κ3) is 3.48. The second-order valence-electron chi connectivity index (χ2n) is 5.97. The number of carbonyl (C=O) groups excluding carboxylic acids is 1. The number of carbonyl (C=O) groups is 1. The van der Waals surface area contributed by atoms with Crippen LogP contribution in [0.1, 0.15) is 25.5 Å². The average Bonchev–Trinajstić information content (AvgIpc) is 3.27. The molecule has 4 rings (SSSR count). The molecule has 0 aliphatic carbocycles. The van der Waals surface area contributed by atoms with Crippen molar-refractivity contribution < 1.29 is 9.21 Å². The van der Waals surface area contributed by atoms with E-state index in [1.807, 2.05) is 18.2 Å². The van der Waals surface area contributed by atoms with Crippen LogP contribution in [0.15, 0.2) is 56.5 Å². The number of nitrogens with zero attached hydrogens (tertiary/aromatic N) is 3. The maximum atomic E-state index is 12.4. The number of hydrogen-bond acceptors (Lipinski definition) is 5. The smallest absolute Gasteiger partial charge is 0.283 e. The molecule has 0 saturated heterocycles. The van der Waals surface area contributed by atoms with Crippen LogP contribution in [0.4, 0.5) is 0 Å². The molecule has 0 unspecified atom stereocenters. The van der Waals surface area contributed by atoms with E-state index < -0.39 is 5.91 Å². The standard InChI is InChI=1S/C19H15ClN4O2S/c1-2-3-16-23-24-17(21)14(18(25)22-19(24)27-16)10-13-8-9-15(26-13)11-4-6-12(20)7-5-11/h4-10,21H,2-3H2,1H3/b14-10-,21-17?. The van der Waals surface area contributed by atoms with E-state index in [1.54, 1.807) is 18.2 Å². The summed E-state index contributed by atoms with van der Waals surface area (Å²) >= 11 is 7.25. The molecular formula is C19H15ClN4O2S. The second-order valence-corrected chi connectivity index (χ2v) is 7.45. The third-order valence-electron chi connectivity index (χ3n) is 4.00. The Morgan fingerprint density at radius 2 is 2.04 bits per heavy atom. The number of hydrazone groups is 1. The Balaban J connectivity index is 1.62. The summed E-state index contributed by atoms with van der Waals surface area (Å²) in [5.74, 6) is 0.665. The highest BCUT2D eigenvalue weighted by Gasteiger charge is 2.35. The lowest BCUT2D eigenvalue weighted by atomic mass is 10.1. The first-order valence-electron chi connectivity index (χ1n) is 8.40. The summed E-state index contributed by atoms with van der Waals surface area (Å²) in [5, 5.41) is 16.1. The van der Waals surface area contributed by atoms with Gasteiger partial charge in [-0.2, -0.15) is 15.1 Å². The lowest BCUT2D eigenvalue weighted by Gasteiger charge is -2.19. The van der Waals surface area contributed by atoms with Crippen LogP contribution >= 0.6 is 23.4 Å². The molecule has 2 aliphatic heterocycles. The van der Waals surface area contributed by atoms with Crippen molar-refractivity contribution in [3.63, 3.8) is 0 Å². The van der Waals surface area contributed by atoms with E-state index >= 15 is 0 Å². The van der Waals surface area contributed by atoms with Gasteiger partial charge in [0.25, 0.3) is 5.91 Å². The van der Waals surface area contributed by atoms with E-state index in [9.17, 15) is 4.79 Å². The van der Waals surface area contributed by atoms with Crippen LogP contribution in [0.25, 0.3) is 17.4 Å². The molecular weight excluding hydrogens is 384 g/mol. The van der Waals surface area contributed by atoms with Gasteiger partial charge in [0.1, 0.15) is 16.6 Å². The van der Waals surface area contributed by atoms with Crippen molar-refractivity contribution in [3.05, 3.63) is 52.8 Å². The molecule has 0 fully saturated rings. The molecule has 2 aliphatic rings. The number of furan rings is 1. The van der Waals surface area contributed by atoms with Gasteiger partial charge in [0.05, 0.1) is 5.57 Å². The van der Waals surface area contributed by atoms with Gasteiger partial charge in [0, 0.05) is 10.6 Å². The summed E-state index contributed by atoms with van der Waals surface area (Å²) in [4.78, 5) is 16.5. The van der Waals surface area contributed by atoms with Crippen molar-refractivity contribution in [2.45, 2.75) is 19.8 Å². The fourth-order valence-corrected chi connectivity index (χ4v) is 3.80. The van der Waals surface area contributed by atoms with Crippen molar-refractivity contribution in [2.24, 2.45) is 10.1 Å². The minimum Gasteiger partial charge on any atom is -0.457 e. The van der Waals surface area contributed by atoms with Gasteiger partial charge < -0.3 is 4.42 Å². The van der Waals surface area contributed by atoms with Gasteiger partial charge in [0.2, 0.25) is 5.17 Å². The number of hydrogen-bond donors (Lipinski definition) is 1. The molecule has 6 nitrogen and oxygen atoms in total. The Hall–Kier alpha value is -2.64. The number of amides is 1. The summed E-state index contributed by atoms with van der Waals surface area (Å²) in [5.41, 5.74) is 1.03. The van der Waals surface area contributed by atoms with Crippen molar-refractivity contribution >= 4 is 51.4 Å². The quantitative estimate of drug-likeness (QED) is 0.733. The van der Waals surface area contributed by atoms with Gasteiger partial charge in [0.15, 0.2) is 5.84 Å². The molecule has 0 radical (unpaired) electrons. The highest BCUT2D eigenvalue weighted by atomic mass is 35.5. The van der Waals surface area contributed by atoms with Gasteiger partial charge in [-0.3, -0.25) is 10.2 Å². The summed E-state index contributed by atoms with van der Waals surface area (Å²) in [7, 11) is 0. The van der Waals surface area contributed by atoms with Crippen LogP contribution in [-0.4, -0.2) is 27.0 Å². The topological polar surface area (TPSA) is 82.0 Å². The predicted molar refractivity (Wildman–Crippen MR) is 109 cm³/mol. The van der Waals surface area contributed by atoms with E-state index in [4.69, 9.17) is 21.4 Å². The Kier molecular flexibility index (Phi) is 4.72. The van der Waals surface area contributed by atoms with Gasteiger partial charge >= 0.3 is 0 Å². The van der Waals surface area contributed by atoms with Crippen LogP contribution in [0.5, 0.6) is 0 Å². The first-order chi connectivity index (χ1) is 13.0. The normalized spacial score (nSPS) is 18.0. The maximum absolute atomic E-state index is 12.4. The summed E-state index contributed by atoms with van der Waals surface area (Å²) in [6.45, 7) is 2.05. The number of fused-ring (bicyclic) bond motifs is 1. The molecule has 1 aromatic heterocycles. The van der Waals surface area contributed by atoms with Crippen LogP contribution in [0.2, 0.25) is 5.02 Å². The van der Waals surface area contributed by atoms with Crippen LogP contribution < -0.4 is 0 Å². The first kappa shape index (κ1) is 17.8. The average molecular weight is 399 g/mol. The monoisotopic (exact) mass is 398 g/mol. The number of nitrogens with one attached hydrogen (secondary N) is 1. The lowest BCUT2D eigenvalue weighted by Crippen LogP contribution is -2.35. The molecule has 1 amide bonds. The third-order valence-corrected chi connectivity index (χ3v) is 5.22. The minimum atomic E-state index is -0.462. The molecule has 0 atom stereocenters. The Morgan fingerprint density at radius 3 is 2.78 bits per heavy atom. The van der Waals surface area contributed by atoms with Crippen molar-refractivity contribution in [2.75, 3.05) is 0 Å². The predicted octanol–water partition coefficient (Wildman–Crippen LogP) is 5.02. The van der Waals surface area contributed by atoms with Gasteiger partial charge in [-0.05, 0) is 67.1 Å². The molecule has 3 heterocycles. The van der Waals surface area contributed by atoms with Crippen LogP contribution in [0, 0.1) is 5.41 Å². The second kappa shape index (κ2) is 7.17. The molecule has 1 aromatic carbocycles. The highest BCUT2D eigenvalue weighted by molar-refractivity contribution is 8.26. The molecule has 8 heteroatoms. The SMILES string of the molecule is CCCC1=NN2C(=N)/C(=C/c3ccc(-c4ccc(Cl)cc4)o3)C(=O)N=C2S1. The van der Waals surface area contributed by atoms with E-state index in [0.717, 1.165) is 23.4 Å². The van der Waals surface area contributed by atoms with Gasteiger partial charge in [-0.15, -0.1) is 0 Å². The number of aliphatic imine (C=N–C) groups is 1. The number of amidine groups is 2. The number of thioether (sulfide) groups is 1. The molecule has 0 spiro atoms. The molecule has 1 N–H and O–H groups in total. The van der Waals surface area contributed by atoms with E-state index in [2.05, 4.69) is 17.0 Å². The first-order valence-corrected chi connectivity index (χ1v) is 9.59.